The van der Waals surface area contributed by atoms with Gasteiger partial charge in [-0.3, -0.25) is 0 Å². The van der Waals surface area contributed by atoms with E-state index in [0.29, 0.717) is 16.5 Å². The first-order valence-electron chi connectivity index (χ1n) is 7.33. The molecule has 1 aromatic carbocycles. The van der Waals surface area contributed by atoms with Crippen LogP contribution in [0.25, 0.3) is 0 Å². The molecular weight excluding hydrogens is 305 g/mol. The Morgan fingerprint density at radius 3 is 2.86 bits per heavy atom. The van der Waals surface area contributed by atoms with Crippen molar-refractivity contribution in [1.29, 1.82) is 0 Å². The van der Waals surface area contributed by atoms with E-state index in [4.69, 9.17) is 16.3 Å². The molecule has 0 radical (unpaired) electrons. The van der Waals surface area contributed by atoms with Gasteiger partial charge in [-0.25, -0.2) is 9.37 Å². The number of aromatic nitrogens is 2. The van der Waals surface area contributed by atoms with Crippen LogP contribution in [0.2, 0.25) is 5.02 Å². The van der Waals surface area contributed by atoms with E-state index in [2.05, 4.69) is 15.3 Å². The molecule has 4 nitrogen and oxygen atoms in total. The summed E-state index contributed by atoms with van der Waals surface area (Å²) in [6.07, 6.45) is 3.81. The Hall–Kier alpha value is -1.72. The van der Waals surface area contributed by atoms with Gasteiger partial charge in [0.2, 0.25) is 0 Å². The van der Waals surface area contributed by atoms with Gasteiger partial charge in [-0.15, -0.1) is 0 Å². The highest BCUT2D eigenvalue weighted by Gasteiger charge is 2.17. The largest absolute Gasteiger partial charge is 0.458 e. The van der Waals surface area contributed by atoms with Gasteiger partial charge in [0.15, 0.2) is 0 Å². The number of benzene rings is 1. The summed E-state index contributed by atoms with van der Waals surface area (Å²) in [4.78, 5) is 8.55. The lowest BCUT2D eigenvalue weighted by Crippen LogP contribution is -2.27. The summed E-state index contributed by atoms with van der Waals surface area (Å²) in [7, 11) is 0. The first-order valence-corrected chi connectivity index (χ1v) is 7.70. The Kier molecular flexibility index (Phi) is 4.85. The van der Waals surface area contributed by atoms with Gasteiger partial charge < -0.3 is 10.1 Å². The van der Waals surface area contributed by atoms with Gasteiger partial charge in [-0.1, -0.05) is 17.7 Å². The van der Waals surface area contributed by atoms with E-state index in [1.807, 2.05) is 6.07 Å². The van der Waals surface area contributed by atoms with Crippen LogP contribution in [-0.4, -0.2) is 23.1 Å². The fourth-order valence-corrected chi connectivity index (χ4v) is 2.71. The van der Waals surface area contributed by atoms with Crippen LogP contribution < -0.4 is 10.1 Å². The van der Waals surface area contributed by atoms with Gasteiger partial charge in [0, 0.05) is 22.7 Å². The molecule has 6 heteroatoms. The lowest BCUT2D eigenvalue weighted by Gasteiger charge is -2.22. The summed E-state index contributed by atoms with van der Waals surface area (Å²) < 4.78 is 19.2. The van der Waals surface area contributed by atoms with Crippen LogP contribution in [-0.2, 0) is 6.61 Å². The van der Waals surface area contributed by atoms with E-state index < -0.39 is 0 Å². The summed E-state index contributed by atoms with van der Waals surface area (Å²) in [5, 5.41) is 3.70. The smallest absolute Gasteiger partial charge is 0.316 e. The standard InChI is InChI=1S/C16H17ClFN3O/c17-13-2-1-12(14(18)9-13)10-22-16-20-8-5-15(21-16)11-3-6-19-7-4-11/h1-2,5,8-9,11,19H,3-4,6-7,10H2. The first kappa shape index (κ1) is 15.2. The van der Waals surface area contributed by atoms with E-state index in [-0.39, 0.29) is 18.4 Å². The van der Waals surface area contributed by atoms with Crippen LogP contribution >= 0.6 is 11.6 Å². The molecule has 1 aromatic heterocycles. The molecule has 0 bridgehead atoms. The van der Waals surface area contributed by atoms with Crippen LogP contribution in [0.4, 0.5) is 4.39 Å². The molecule has 116 valence electrons. The zero-order chi connectivity index (χ0) is 15.4. The summed E-state index contributed by atoms with van der Waals surface area (Å²) >= 11 is 5.73. The molecule has 1 fully saturated rings. The average molecular weight is 322 g/mol. The quantitative estimate of drug-likeness (QED) is 0.938. The minimum Gasteiger partial charge on any atom is -0.458 e. The van der Waals surface area contributed by atoms with Gasteiger partial charge in [-0.05, 0) is 44.1 Å². The molecule has 1 aliphatic rings. The maximum absolute atomic E-state index is 13.7. The number of piperidine rings is 1. The number of halogens is 2. The lowest BCUT2D eigenvalue weighted by molar-refractivity contribution is 0.273. The monoisotopic (exact) mass is 321 g/mol. The Bertz CT molecular complexity index is 647. The molecule has 0 unspecified atom stereocenters. The molecule has 2 aromatic rings. The zero-order valence-corrected chi connectivity index (χ0v) is 12.8. The van der Waals surface area contributed by atoms with Crippen molar-refractivity contribution in [3.05, 3.63) is 52.6 Å². The van der Waals surface area contributed by atoms with E-state index >= 15 is 0 Å². The first-order chi connectivity index (χ1) is 10.7. The minimum atomic E-state index is -0.387. The summed E-state index contributed by atoms with van der Waals surface area (Å²) in [6, 6.07) is 6.72. The lowest BCUT2D eigenvalue weighted by atomic mass is 9.94. The normalized spacial score (nSPS) is 15.7. The maximum Gasteiger partial charge on any atom is 0.316 e. The zero-order valence-electron chi connectivity index (χ0n) is 12.1. The fraction of sp³-hybridized carbons (Fsp3) is 0.375. The van der Waals surface area contributed by atoms with Crippen molar-refractivity contribution in [2.45, 2.75) is 25.4 Å². The molecular formula is C16H17ClFN3O. The van der Waals surface area contributed by atoms with Crippen LogP contribution in [0, 0.1) is 5.82 Å². The second-order valence-electron chi connectivity index (χ2n) is 5.31. The van der Waals surface area contributed by atoms with Crippen molar-refractivity contribution < 1.29 is 9.13 Å². The molecule has 3 rings (SSSR count). The number of hydrogen-bond acceptors (Lipinski definition) is 4. The Morgan fingerprint density at radius 2 is 2.09 bits per heavy atom. The van der Waals surface area contributed by atoms with Crippen molar-refractivity contribution >= 4 is 11.6 Å². The highest BCUT2D eigenvalue weighted by molar-refractivity contribution is 6.30. The Balaban J connectivity index is 1.67. The topological polar surface area (TPSA) is 47.0 Å². The van der Waals surface area contributed by atoms with Gasteiger partial charge in [0.1, 0.15) is 12.4 Å². The van der Waals surface area contributed by atoms with Crippen LogP contribution in [0.1, 0.15) is 30.0 Å². The molecule has 2 heterocycles. The molecule has 22 heavy (non-hydrogen) atoms. The Morgan fingerprint density at radius 1 is 1.27 bits per heavy atom. The van der Waals surface area contributed by atoms with Crippen molar-refractivity contribution in [2.24, 2.45) is 0 Å². The molecule has 1 N–H and O–H groups in total. The number of nitrogens with zero attached hydrogens (tertiary/aromatic N) is 2. The molecule has 0 atom stereocenters. The van der Waals surface area contributed by atoms with Crippen LogP contribution in [0.15, 0.2) is 30.5 Å². The SMILES string of the molecule is Fc1cc(Cl)ccc1COc1nccc(C2CCNCC2)n1. The van der Waals surface area contributed by atoms with E-state index in [1.54, 1.807) is 18.3 Å². The average Bonchev–Trinajstić information content (AvgIpc) is 2.55. The van der Waals surface area contributed by atoms with Gasteiger partial charge in [0.25, 0.3) is 0 Å². The number of hydrogen-bond donors (Lipinski definition) is 1. The van der Waals surface area contributed by atoms with Crippen LogP contribution in [0.3, 0.4) is 0 Å². The van der Waals surface area contributed by atoms with E-state index in [1.165, 1.54) is 6.07 Å². The maximum atomic E-state index is 13.7. The van der Waals surface area contributed by atoms with E-state index in [9.17, 15) is 4.39 Å². The molecule has 0 amide bonds. The number of ether oxygens (including phenoxy) is 1. The summed E-state index contributed by atoms with van der Waals surface area (Å²) in [5.41, 5.74) is 1.42. The van der Waals surface area contributed by atoms with Gasteiger partial charge >= 0.3 is 6.01 Å². The van der Waals surface area contributed by atoms with Crippen molar-refractivity contribution in [1.82, 2.24) is 15.3 Å². The molecule has 1 aliphatic heterocycles. The van der Waals surface area contributed by atoms with Crippen molar-refractivity contribution in [2.75, 3.05) is 13.1 Å². The minimum absolute atomic E-state index is 0.0820. The molecule has 0 spiro atoms. The predicted octanol–water partition coefficient (Wildman–Crippen LogP) is 3.32. The number of rotatable bonds is 4. The molecule has 1 saturated heterocycles. The predicted molar refractivity (Wildman–Crippen MR) is 82.6 cm³/mol. The highest BCUT2D eigenvalue weighted by Crippen LogP contribution is 2.24. The second-order valence-corrected chi connectivity index (χ2v) is 5.75. The molecule has 0 saturated carbocycles. The summed E-state index contributed by atoms with van der Waals surface area (Å²) in [5.74, 6) is 0.0425. The third-order valence-corrected chi connectivity index (χ3v) is 4.02. The third-order valence-electron chi connectivity index (χ3n) is 3.78. The second kappa shape index (κ2) is 7.03. The molecule has 0 aliphatic carbocycles. The third kappa shape index (κ3) is 3.72. The van der Waals surface area contributed by atoms with Crippen molar-refractivity contribution in [3.8, 4) is 6.01 Å². The van der Waals surface area contributed by atoms with Gasteiger partial charge in [0.05, 0.1) is 5.69 Å². The van der Waals surface area contributed by atoms with Crippen molar-refractivity contribution in [3.63, 3.8) is 0 Å². The summed E-state index contributed by atoms with van der Waals surface area (Å²) in [6.45, 7) is 2.08. The fourth-order valence-electron chi connectivity index (χ4n) is 2.55. The Labute approximate surface area is 133 Å². The highest BCUT2D eigenvalue weighted by atomic mass is 35.5. The van der Waals surface area contributed by atoms with Gasteiger partial charge in [-0.2, -0.15) is 4.98 Å². The van der Waals surface area contributed by atoms with Crippen LogP contribution in [0.5, 0.6) is 6.01 Å². The van der Waals surface area contributed by atoms with E-state index in [0.717, 1.165) is 31.6 Å². The number of nitrogens with one attached hydrogen (secondary N) is 1.